The molecule has 0 aliphatic carbocycles. The van der Waals surface area contributed by atoms with Crippen LogP contribution in [0.1, 0.15) is 5.56 Å². The van der Waals surface area contributed by atoms with E-state index in [1.54, 1.807) is 18.3 Å². The van der Waals surface area contributed by atoms with Gasteiger partial charge in [-0.2, -0.15) is 0 Å². The van der Waals surface area contributed by atoms with Crippen molar-refractivity contribution in [2.24, 2.45) is 4.99 Å². The molecule has 0 atom stereocenters. The second-order valence-electron chi connectivity index (χ2n) is 6.14. The van der Waals surface area contributed by atoms with Crippen LogP contribution in [-0.4, -0.2) is 76.3 Å². The van der Waals surface area contributed by atoms with E-state index in [0.29, 0.717) is 5.56 Å². The summed E-state index contributed by atoms with van der Waals surface area (Å²) in [4.78, 5) is 12.0. The minimum Gasteiger partial charge on any atom is -0.508 e. The highest BCUT2D eigenvalue weighted by Crippen LogP contribution is 2.32. The van der Waals surface area contributed by atoms with Crippen molar-refractivity contribution in [1.29, 1.82) is 0 Å². The van der Waals surface area contributed by atoms with Crippen LogP contribution in [0.25, 0.3) is 0 Å². The van der Waals surface area contributed by atoms with Gasteiger partial charge in [0.2, 0.25) is 0 Å². The molecule has 6 nitrogen and oxygen atoms in total. The molecule has 6 heteroatoms. The predicted octanol–water partition coefficient (Wildman–Crippen LogP) is 0.0748. The third kappa shape index (κ3) is 1.96. The van der Waals surface area contributed by atoms with E-state index in [-0.39, 0.29) is 17.0 Å². The molecular weight excluding hydrogens is 256 g/mol. The maximum Gasteiger partial charge on any atom is 0.128 e. The van der Waals surface area contributed by atoms with Gasteiger partial charge in [-0.3, -0.25) is 19.7 Å². The van der Waals surface area contributed by atoms with Gasteiger partial charge in [0.15, 0.2) is 0 Å². The molecule has 0 radical (unpaired) electrons. The zero-order valence-corrected chi connectivity index (χ0v) is 11.2. The first-order valence-corrected chi connectivity index (χ1v) is 6.86. The normalized spacial score (nSPS) is 38.7. The molecule has 20 heavy (non-hydrogen) atoms. The first kappa shape index (κ1) is 12.1. The molecule has 2 N–H and O–H groups in total. The molecule has 4 fully saturated rings. The first-order valence-electron chi connectivity index (χ1n) is 6.86. The molecule has 1 aromatic rings. The largest absolute Gasteiger partial charge is 0.508 e. The van der Waals surface area contributed by atoms with Crippen molar-refractivity contribution in [2.75, 3.05) is 39.6 Å². The predicted molar refractivity (Wildman–Crippen MR) is 74.8 cm³/mol. The molecule has 4 saturated heterocycles. The lowest BCUT2D eigenvalue weighted by Crippen LogP contribution is -2.75. The van der Waals surface area contributed by atoms with E-state index in [0.717, 1.165) is 39.6 Å². The molecule has 0 aromatic heterocycles. The molecule has 1 aromatic carbocycles. The average Bonchev–Trinajstić information content (AvgIpc) is 2.36. The van der Waals surface area contributed by atoms with Gasteiger partial charge in [-0.15, -0.1) is 0 Å². The smallest absolute Gasteiger partial charge is 0.128 e. The fourth-order valence-corrected chi connectivity index (χ4v) is 3.65. The summed E-state index contributed by atoms with van der Waals surface area (Å²) >= 11 is 0. The van der Waals surface area contributed by atoms with Crippen molar-refractivity contribution in [3.8, 4) is 11.5 Å². The van der Waals surface area contributed by atoms with Crippen LogP contribution < -0.4 is 0 Å². The van der Waals surface area contributed by atoms with Gasteiger partial charge in [-0.05, 0) is 12.1 Å². The van der Waals surface area contributed by atoms with Gasteiger partial charge in [-0.25, -0.2) is 0 Å². The number of rotatable bonds is 2. The Bertz CT molecular complexity index is 537. The van der Waals surface area contributed by atoms with Crippen molar-refractivity contribution >= 4 is 6.21 Å². The zero-order valence-electron chi connectivity index (χ0n) is 11.2. The number of nitrogens with zero attached hydrogens (tertiary/aromatic N) is 4. The lowest BCUT2D eigenvalue weighted by Gasteiger charge is -2.59. The first-order chi connectivity index (χ1) is 9.62. The monoisotopic (exact) mass is 274 g/mol. The number of phenols is 2. The maximum atomic E-state index is 9.82. The molecule has 4 heterocycles. The quantitative estimate of drug-likeness (QED) is 0.748. The summed E-state index contributed by atoms with van der Waals surface area (Å²) < 4.78 is 0. The van der Waals surface area contributed by atoms with Gasteiger partial charge in [0.25, 0.3) is 0 Å². The summed E-state index contributed by atoms with van der Waals surface area (Å²) in [5.41, 5.74) is 0.567. The third-order valence-electron chi connectivity index (χ3n) is 4.25. The van der Waals surface area contributed by atoms with Gasteiger partial charge in [0.1, 0.15) is 11.5 Å². The van der Waals surface area contributed by atoms with E-state index in [1.165, 1.54) is 6.07 Å². The van der Waals surface area contributed by atoms with E-state index >= 15 is 0 Å². The molecule has 0 unspecified atom stereocenters. The minimum absolute atomic E-state index is 0.0674. The highest BCUT2D eigenvalue weighted by Gasteiger charge is 2.48. The van der Waals surface area contributed by atoms with Gasteiger partial charge in [0.05, 0.1) is 25.5 Å². The Morgan fingerprint density at radius 2 is 1.60 bits per heavy atom. The Balaban J connectivity index is 1.60. The zero-order chi connectivity index (χ0) is 13.7. The molecule has 4 aliphatic rings. The van der Waals surface area contributed by atoms with E-state index in [4.69, 9.17) is 4.99 Å². The minimum atomic E-state index is -0.0842. The summed E-state index contributed by atoms with van der Waals surface area (Å²) in [6.07, 6.45) is 1.74. The van der Waals surface area contributed by atoms with Gasteiger partial charge in [0, 0.05) is 37.5 Å². The van der Waals surface area contributed by atoms with Crippen LogP contribution in [-0.2, 0) is 0 Å². The van der Waals surface area contributed by atoms with Crippen molar-refractivity contribution in [3.63, 3.8) is 0 Å². The Labute approximate surface area is 117 Å². The molecule has 4 bridgehead atoms. The Morgan fingerprint density at radius 1 is 1.00 bits per heavy atom. The fraction of sp³-hybridized carbons (Fsp3) is 0.500. The van der Waals surface area contributed by atoms with Crippen LogP contribution in [0.2, 0.25) is 0 Å². The Kier molecular flexibility index (Phi) is 2.54. The second-order valence-corrected chi connectivity index (χ2v) is 6.14. The molecule has 0 amide bonds. The maximum absolute atomic E-state index is 9.82. The standard InChI is InChI=1S/C14H18N4O2/c19-12-2-1-11(13(20)3-12)4-15-14-5-16-8-17(6-14)10-18(7-14)9-16/h1-4,19-20H,5-10H2. The number of aromatic hydroxyl groups is 2. The summed E-state index contributed by atoms with van der Waals surface area (Å²) in [6, 6.07) is 4.60. The lowest BCUT2D eigenvalue weighted by molar-refractivity contribution is -0.139. The summed E-state index contributed by atoms with van der Waals surface area (Å²) in [7, 11) is 0. The molecule has 0 saturated carbocycles. The van der Waals surface area contributed by atoms with Crippen LogP contribution in [0.15, 0.2) is 23.2 Å². The number of benzene rings is 1. The number of hydrogen-bond donors (Lipinski definition) is 2. The summed E-state index contributed by atoms with van der Waals surface area (Å²) in [6.45, 7) is 6.06. The van der Waals surface area contributed by atoms with Crippen molar-refractivity contribution in [3.05, 3.63) is 23.8 Å². The van der Waals surface area contributed by atoms with Gasteiger partial charge >= 0.3 is 0 Å². The molecule has 106 valence electrons. The Morgan fingerprint density at radius 3 is 2.15 bits per heavy atom. The van der Waals surface area contributed by atoms with Gasteiger partial charge in [-0.1, -0.05) is 0 Å². The number of aliphatic imine (C=N–C) groups is 1. The van der Waals surface area contributed by atoms with Crippen LogP contribution >= 0.6 is 0 Å². The second kappa shape index (κ2) is 4.18. The third-order valence-corrected chi connectivity index (χ3v) is 4.25. The van der Waals surface area contributed by atoms with E-state index < -0.39 is 0 Å². The van der Waals surface area contributed by atoms with Crippen molar-refractivity contribution < 1.29 is 10.2 Å². The van der Waals surface area contributed by atoms with Crippen molar-refractivity contribution in [1.82, 2.24) is 14.7 Å². The highest BCUT2D eigenvalue weighted by molar-refractivity contribution is 5.84. The fourth-order valence-electron chi connectivity index (χ4n) is 3.65. The lowest BCUT2D eigenvalue weighted by atomic mass is 9.91. The van der Waals surface area contributed by atoms with Crippen LogP contribution in [0.3, 0.4) is 0 Å². The summed E-state index contributed by atoms with van der Waals surface area (Å²) in [5, 5.41) is 19.1. The molecule has 0 spiro atoms. The van der Waals surface area contributed by atoms with Gasteiger partial charge < -0.3 is 10.2 Å². The highest BCUT2D eigenvalue weighted by atomic mass is 16.3. The molecular formula is C14H18N4O2. The Hall–Kier alpha value is -1.63. The van der Waals surface area contributed by atoms with E-state index in [1.807, 2.05) is 0 Å². The van der Waals surface area contributed by atoms with E-state index in [2.05, 4.69) is 14.7 Å². The number of hydrogen-bond acceptors (Lipinski definition) is 6. The topological polar surface area (TPSA) is 62.5 Å². The molecule has 4 aliphatic heterocycles. The van der Waals surface area contributed by atoms with E-state index in [9.17, 15) is 10.2 Å². The molecule has 5 rings (SSSR count). The van der Waals surface area contributed by atoms with Crippen LogP contribution in [0, 0.1) is 0 Å². The number of phenolic OH excluding ortho intramolecular Hbond substituents is 2. The average molecular weight is 274 g/mol. The van der Waals surface area contributed by atoms with Crippen molar-refractivity contribution in [2.45, 2.75) is 5.54 Å². The SMILES string of the molecule is Oc1ccc(C=NC23CN4CN(CN(C4)C2)C3)c(O)c1. The summed E-state index contributed by atoms with van der Waals surface area (Å²) in [5.74, 6) is 0.136. The van der Waals surface area contributed by atoms with Crippen LogP contribution in [0.4, 0.5) is 0 Å². The van der Waals surface area contributed by atoms with Crippen LogP contribution in [0.5, 0.6) is 11.5 Å².